The zero-order valence-corrected chi connectivity index (χ0v) is 13.5. The second-order valence-electron chi connectivity index (χ2n) is 5.47. The Bertz CT molecular complexity index is 644. The minimum Gasteiger partial charge on any atom is -0.350 e. The van der Waals surface area contributed by atoms with Crippen molar-refractivity contribution in [3.8, 4) is 0 Å². The monoisotopic (exact) mass is 309 g/mol. The van der Waals surface area contributed by atoms with Crippen LogP contribution in [0.15, 0.2) is 12.3 Å². The number of carbonyl (C=O) groups is 1. The summed E-state index contributed by atoms with van der Waals surface area (Å²) in [5, 5.41) is 12.1. The van der Waals surface area contributed by atoms with Gasteiger partial charge < -0.3 is 5.32 Å². The molecule has 6 nitrogen and oxygen atoms in total. The number of carbonyl (C=O) groups excluding carboxylic acids is 1. The van der Waals surface area contributed by atoms with Gasteiger partial charge in [-0.05, 0) is 25.8 Å². The molecule has 0 unspecified atom stereocenters. The van der Waals surface area contributed by atoms with Gasteiger partial charge in [-0.25, -0.2) is 4.68 Å². The molecule has 0 saturated heterocycles. The summed E-state index contributed by atoms with van der Waals surface area (Å²) in [7, 11) is 0. The number of halogens is 1. The van der Waals surface area contributed by atoms with Crippen molar-refractivity contribution in [1.82, 2.24) is 24.9 Å². The summed E-state index contributed by atoms with van der Waals surface area (Å²) in [5.74, 6) is 0.252. The third-order valence-electron chi connectivity index (χ3n) is 3.12. The van der Waals surface area contributed by atoms with Crippen LogP contribution in [0, 0.1) is 19.8 Å². The molecule has 0 bridgehead atoms. The van der Waals surface area contributed by atoms with E-state index in [2.05, 4.69) is 15.5 Å². The maximum Gasteiger partial charge on any atom is 0.271 e. The predicted molar refractivity (Wildman–Crippen MR) is 81.5 cm³/mol. The van der Waals surface area contributed by atoms with Gasteiger partial charge in [0.25, 0.3) is 5.91 Å². The molecule has 0 spiro atoms. The molecule has 0 atom stereocenters. The third kappa shape index (κ3) is 3.64. The molecule has 21 heavy (non-hydrogen) atoms. The number of hydrogen-bond acceptors (Lipinski definition) is 3. The van der Waals surface area contributed by atoms with Crippen LogP contribution in [0.25, 0.3) is 0 Å². The zero-order valence-electron chi connectivity index (χ0n) is 12.7. The molecule has 0 radical (unpaired) electrons. The SMILES string of the molecule is Cc1nn(Cn2ccc(C(=O)NCC(C)C)n2)c(C)c1Cl. The number of rotatable bonds is 5. The van der Waals surface area contributed by atoms with Crippen LogP contribution in [0.5, 0.6) is 0 Å². The third-order valence-corrected chi connectivity index (χ3v) is 3.66. The van der Waals surface area contributed by atoms with Gasteiger partial charge in [0, 0.05) is 12.7 Å². The smallest absolute Gasteiger partial charge is 0.271 e. The quantitative estimate of drug-likeness (QED) is 0.921. The molecule has 1 N–H and O–H groups in total. The molecule has 2 rings (SSSR count). The first-order chi connectivity index (χ1) is 9.88. The number of aryl methyl sites for hydroxylation is 1. The molecule has 114 valence electrons. The molecule has 2 aromatic rings. The summed E-state index contributed by atoms with van der Waals surface area (Å²) in [6.45, 7) is 8.92. The summed E-state index contributed by atoms with van der Waals surface area (Å²) in [6.07, 6.45) is 1.76. The Labute approximate surface area is 129 Å². The molecule has 0 aliphatic heterocycles. The van der Waals surface area contributed by atoms with Crippen molar-refractivity contribution in [3.05, 3.63) is 34.4 Å². The van der Waals surface area contributed by atoms with Gasteiger partial charge >= 0.3 is 0 Å². The Balaban J connectivity index is 2.06. The molecule has 0 saturated carbocycles. The number of nitrogens with zero attached hydrogens (tertiary/aromatic N) is 4. The van der Waals surface area contributed by atoms with E-state index in [0.29, 0.717) is 29.8 Å². The van der Waals surface area contributed by atoms with Crippen LogP contribution in [0.2, 0.25) is 5.02 Å². The van der Waals surface area contributed by atoms with E-state index < -0.39 is 0 Å². The Kier molecular flexibility index (Phi) is 4.67. The Morgan fingerprint density at radius 3 is 2.67 bits per heavy atom. The fourth-order valence-corrected chi connectivity index (χ4v) is 2.03. The van der Waals surface area contributed by atoms with Crippen molar-refractivity contribution in [3.63, 3.8) is 0 Å². The maximum atomic E-state index is 11.9. The summed E-state index contributed by atoms with van der Waals surface area (Å²) >= 11 is 6.11. The second-order valence-corrected chi connectivity index (χ2v) is 5.85. The summed E-state index contributed by atoms with van der Waals surface area (Å²) in [5.41, 5.74) is 2.08. The van der Waals surface area contributed by atoms with Gasteiger partial charge in [0.1, 0.15) is 12.4 Å². The van der Waals surface area contributed by atoms with E-state index in [1.807, 2.05) is 27.7 Å². The van der Waals surface area contributed by atoms with Crippen molar-refractivity contribution in [2.24, 2.45) is 5.92 Å². The molecular formula is C14H20ClN5O. The van der Waals surface area contributed by atoms with E-state index in [0.717, 1.165) is 11.4 Å². The van der Waals surface area contributed by atoms with Gasteiger partial charge in [0.15, 0.2) is 0 Å². The van der Waals surface area contributed by atoms with Crippen LogP contribution in [0.3, 0.4) is 0 Å². The van der Waals surface area contributed by atoms with Gasteiger partial charge in [-0.2, -0.15) is 10.2 Å². The summed E-state index contributed by atoms with van der Waals surface area (Å²) in [6, 6.07) is 1.70. The first-order valence-electron chi connectivity index (χ1n) is 6.89. The molecule has 0 fully saturated rings. The van der Waals surface area contributed by atoms with Crippen LogP contribution < -0.4 is 5.32 Å². The van der Waals surface area contributed by atoms with Crippen LogP contribution in [0.1, 0.15) is 35.7 Å². The highest BCUT2D eigenvalue weighted by molar-refractivity contribution is 6.31. The van der Waals surface area contributed by atoms with E-state index in [9.17, 15) is 4.79 Å². The lowest BCUT2D eigenvalue weighted by molar-refractivity contribution is 0.0943. The van der Waals surface area contributed by atoms with Crippen molar-refractivity contribution in [2.75, 3.05) is 6.54 Å². The van der Waals surface area contributed by atoms with Crippen molar-refractivity contribution in [2.45, 2.75) is 34.4 Å². The van der Waals surface area contributed by atoms with Crippen LogP contribution >= 0.6 is 11.6 Å². The molecule has 2 heterocycles. The largest absolute Gasteiger partial charge is 0.350 e. The Morgan fingerprint density at radius 2 is 2.10 bits per heavy atom. The molecule has 1 amide bonds. The second kappa shape index (κ2) is 6.30. The normalized spacial score (nSPS) is 11.1. The average Bonchev–Trinajstić information content (AvgIpc) is 2.98. The van der Waals surface area contributed by atoms with Gasteiger partial charge in [-0.1, -0.05) is 25.4 Å². The number of amides is 1. The fourth-order valence-electron chi connectivity index (χ4n) is 1.90. The Morgan fingerprint density at radius 1 is 1.38 bits per heavy atom. The van der Waals surface area contributed by atoms with E-state index in [-0.39, 0.29) is 5.91 Å². The van der Waals surface area contributed by atoms with Crippen molar-refractivity contribution in [1.29, 1.82) is 0 Å². The standard InChI is InChI=1S/C14H20ClN5O/c1-9(2)7-16-14(21)12-5-6-19(18-12)8-20-11(4)13(15)10(3)17-20/h5-6,9H,7-8H2,1-4H3,(H,16,21). The molecule has 0 aliphatic carbocycles. The van der Waals surface area contributed by atoms with Gasteiger partial charge in [-0.3, -0.25) is 9.48 Å². The Hall–Kier alpha value is -1.82. The molecule has 2 aromatic heterocycles. The van der Waals surface area contributed by atoms with E-state index in [1.165, 1.54) is 0 Å². The van der Waals surface area contributed by atoms with Gasteiger partial charge in [-0.15, -0.1) is 0 Å². The number of aromatic nitrogens is 4. The lowest BCUT2D eigenvalue weighted by Gasteiger charge is -2.06. The topological polar surface area (TPSA) is 64.7 Å². The van der Waals surface area contributed by atoms with Crippen LogP contribution in [-0.4, -0.2) is 32.0 Å². The molecular weight excluding hydrogens is 290 g/mol. The zero-order chi connectivity index (χ0) is 15.6. The fraction of sp³-hybridized carbons (Fsp3) is 0.500. The van der Waals surface area contributed by atoms with E-state index in [4.69, 9.17) is 11.6 Å². The molecule has 7 heteroatoms. The number of nitrogens with one attached hydrogen (secondary N) is 1. The first-order valence-corrected chi connectivity index (χ1v) is 7.27. The van der Waals surface area contributed by atoms with Crippen LogP contribution in [0.4, 0.5) is 0 Å². The van der Waals surface area contributed by atoms with Gasteiger partial charge in [0.2, 0.25) is 0 Å². The lowest BCUT2D eigenvalue weighted by Crippen LogP contribution is -2.27. The van der Waals surface area contributed by atoms with Gasteiger partial charge in [0.05, 0.1) is 16.4 Å². The summed E-state index contributed by atoms with van der Waals surface area (Å²) in [4.78, 5) is 11.9. The minimum absolute atomic E-state index is 0.158. The molecule has 0 aromatic carbocycles. The maximum absolute atomic E-state index is 11.9. The van der Waals surface area contributed by atoms with E-state index in [1.54, 1.807) is 21.6 Å². The highest BCUT2D eigenvalue weighted by Crippen LogP contribution is 2.18. The lowest BCUT2D eigenvalue weighted by atomic mass is 10.2. The van der Waals surface area contributed by atoms with Crippen molar-refractivity contribution < 1.29 is 4.79 Å². The summed E-state index contributed by atoms with van der Waals surface area (Å²) < 4.78 is 3.43. The highest BCUT2D eigenvalue weighted by Gasteiger charge is 2.12. The van der Waals surface area contributed by atoms with Crippen molar-refractivity contribution >= 4 is 17.5 Å². The van der Waals surface area contributed by atoms with Crippen LogP contribution in [-0.2, 0) is 6.67 Å². The predicted octanol–water partition coefficient (Wildman–Crippen LogP) is 2.24. The number of hydrogen-bond donors (Lipinski definition) is 1. The molecule has 0 aliphatic rings. The minimum atomic E-state index is -0.158. The highest BCUT2D eigenvalue weighted by atomic mass is 35.5. The average molecular weight is 310 g/mol. The van der Waals surface area contributed by atoms with E-state index >= 15 is 0 Å². The first kappa shape index (κ1) is 15.6.